The van der Waals surface area contributed by atoms with Gasteiger partial charge in [-0.2, -0.15) is 5.10 Å². The molecular weight excluding hydrogens is 330 g/mol. The minimum Gasteiger partial charge on any atom is -0.385 e. The smallest absolute Gasteiger partial charge is 0.166 e. The van der Waals surface area contributed by atoms with Gasteiger partial charge < -0.3 is 5.11 Å². The second kappa shape index (κ2) is 6.30. The Balaban J connectivity index is 1.87. The predicted octanol–water partition coefficient (Wildman–Crippen LogP) is 2.37. The van der Waals surface area contributed by atoms with Gasteiger partial charge in [0.05, 0.1) is 5.69 Å². The van der Waals surface area contributed by atoms with E-state index < -0.39 is 6.10 Å². The minimum atomic E-state index is -0.694. The van der Waals surface area contributed by atoms with Gasteiger partial charge in [-0.25, -0.2) is 9.67 Å². The lowest BCUT2D eigenvalue weighted by atomic mass is 10.1. The van der Waals surface area contributed by atoms with Crippen molar-refractivity contribution >= 4 is 5.65 Å². The normalized spacial score (nSPS) is 12.8. The molecular formula is C18H19N7O. The van der Waals surface area contributed by atoms with E-state index in [2.05, 4.69) is 25.3 Å². The summed E-state index contributed by atoms with van der Waals surface area (Å²) in [5.41, 5.74) is 2.41. The fourth-order valence-electron chi connectivity index (χ4n) is 2.81. The van der Waals surface area contributed by atoms with Crippen molar-refractivity contribution in [3.63, 3.8) is 0 Å². The van der Waals surface area contributed by atoms with Crippen LogP contribution in [0.25, 0.3) is 22.7 Å². The first kappa shape index (κ1) is 16.3. The van der Waals surface area contributed by atoms with Crippen molar-refractivity contribution in [2.45, 2.75) is 26.9 Å². The van der Waals surface area contributed by atoms with Gasteiger partial charge in [0.1, 0.15) is 11.9 Å². The fraction of sp³-hybridized carbons (Fsp3) is 0.278. The quantitative estimate of drug-likeness (QED) is 0.608. The van der Waals surface area contributed by atoms with Crippen molar-refractivity contribution in [1.82, 2.24) is 34.3 Å². The molecule has 0 saturated carbocycles. The maximum absolute atomic E-state index is 10.4. The Morgan fingerprint density at radius 3 is 2.54 bits per heavy atom. The summed E-state index contributed by atoms with van der Waals surface area (Å²) in [5, 5.41) is 23.2. The van der Waals surface area contributed by atoms with Crippen LogP contribution in [0.5, 0.6) is 0 Å². The summed E-state index contributed by atoms with van der Waals surface area (Å²) in [6.07, 6.45) is 4.63. The molecule has 0 bridgehead atoms. The van der Waals surface area contributed by atoms with Crippen LogP contribution in [0.1, 0.15) is 31.6 Å². The van der Waals surface area contributed by atoms with Gasteiger partial charge >= 0.3 is 0 Å². The van der Waals surface area contributed by atoms with Crippen LogP contribution < -0.4 is 0 Å². The molecule has 1 N–H and O–H groups in total. The van der Waals surface area contributed by atoms with Gasteiger partial charge in [0.15, 0.2) is 17.3 Å². The van der Waals surface area contributed by atoms with Gasteiger partial charge in [0, 0.05) is 24.2 Å². The van der Waals surface area contributed by atoms with E-state index in [1.54, 1.807) is 21.5 Å². The molecule has 8 heteroatoms. The van der Waals surface area contributed by atoms with Crippen LogP contribution in [-0.2, 0) is 0 Å². The van der Waals surface area contributed by atoms with Gasteiger partial charge in [0.2, 0.25) is 0 Å². The SMILES string of the molecule is Cc1nc(-c2ccc3nnc(C(O)C(C)C)n3c2)n(-c2ccncc2)n1. The van der Waals surface area contributed by atoms with Gasteiger partial charge in [0.25, 0.3) is 0 Å². The number of hydrogen-bond acceptors (Lipinski definition) is 6. The largest absolute Gasteiger partial charge is 0.385 e. The number of aryl methyl sites for hydroxylation is 1. The first-order chi connectivity index (χ1) is 12.5. The summed E-state index contributed by atoms with van der Waals surface area (Å²) < 4.78 is 3.59. The lowest BCUT2D eigenvalue weighted by Crippen LogP contribution is -2.10. The Morgan fingerprint density at radius 2 is 1.81 bits per heavy atom. The molecule has 0 radical (unpaired) electrons. The number of aromatic nitrogens is 7. The van der Waals surface area contributed by atoms with Crippen LogP contribution in [-0.4, -0.2) is 39.5 Å². The molecule has 0 aromatic carbocycles. The van der Waals surface area contributed by atoms with E-state index in [4.69, 9.17) is 0 Å². The van der Waals surface area contributed by atoms with Gasteiger partial charge in [-0.05, 0) is 37.1 Å². The van der Waals surface area contributed by atoms with E-state index in [9.17, 15) is 5.11 Å². The van der Waals surface area contributed by atoms with E-state index >= 15 is 0 Å². The van der Waals surface area contributed by atoms with Gasteiger partial charge in [-0.3, -0.25) is 9.38 Å². The Bertz CT molecular complexity index is 1050. The number of hydrogen-bond donors (Lipinski definition) is 1. The average Bonchev–Trinajstić information content (AvgIpc) is 3.24. The molecule has 0 aliphatic carbocycles. The monoisotopic (exact) mass is 349 g/mol. The number of fused-ring (bicyclic) bond motifs is 1. The first-order valence-electron chi connectivity index (χ1n) is 8.42. The van der Waals surface area contributed by atoms with Crippen LogP contribution >= 0.6 is 0 Å². The maximum Gasteiger partial charge on any atom is 0.166 e. The van der Waals surface area contributed by atoms with Gasteiger partial charge in [-0.1, -0.05) is 13.8 Å². The van der Waals surface area contributed by atoms with Crippen LogP contribution in [0.15, 0.2) is 42.9 Å². The number of nitrogens with zero attached hydrogens (tertiary/aromatic N) is 7. The molecule has 4 heterocycles. The summed E-state index contributed by atoms with van der Waals surface area (Å²) in [4.78, 5) is 8.62. The zero-order chi connectivity index (χ0) is 18.3. The molecule has 1 unspecified atom stereocenters. The summed E-state index contributed by atoms with van der Waals surface area (Å²) >= 11 is 0. The van der Waals surface area contributed by atoms with Crippen molar-refractivity contribution in [3.05, 3.63) is 54.5 Å². The topological polar surface area (TPSA) is 94.0 Å². The highest BCUT2D eigenvalue weighted by atomic mass is 16.3. The van der Waals surface area contributed by atoms with E-state index in [0.717, 1.165) is 11.3 Å². The lowest BCUT2D eigenvalue weighted by molar-refractivity contribution is 0.116. The van der Waals surface area contributed by atoms with Crippen LogP contribution in [0.3, 0.4) is 0 Å². The molecule has 0 saturated heterocycles. The molecule has 4 aromatic heterocycles. The minimum absolute atomic E-state index is 0.0359. The third kappa shape index (κ3) is 2.74. The number of rotatable bonds is 4. The third-order valence-electron chi connectivity index (χ3n) is 4.20. The van der Waals surface area contributed by atoms with Gasteiger partial charge in [-0.15, -0.1) is 10.2 Å². The van der Waals surface area contributed by atoms with E-state index in [1.807, 2.05) is 51.2 Å². The summed E-state index contributed by atoms with van der Waals surface area (Å²) in [6.45, 7) is 5.74. The van der Waals surface area contributed by atoms with Crippen molar-refractivity contribution in [2.24, 2.45) is 5.92 Å². The van der Waals surface area contributed by atoms with Crippen molar-refractivity contribution in [2.75, 3.05) is 0 Å². The molecule has 0 spiro atoms. The molecule has 8 nitrogen and oxygen atoms in total. The Labute approximate surface area is 150 Å². The van der Waals surface area contributed by atoms with E-state index in [-0.39, 0.29) is 5.92 Å². The molecule has 132 valence electrons. The molecule has 0 amide bonds. The predicted molar refractivity (Wildman–Crippen MR) is 95.7 cm³/mol. The molecule has 4 aromatic rings. The summed E-state index contributed by atoms with van der Waals surface area (Å²) in [5.74, 6) is 1.93. The summed E-state index contributed by atoms with van der Waals surface area (Å²) in [6, 6.07) is 7.54. The second-order valence-corrected chi connectivity index (χ2v) is 6.49. The average molecular weight is 349 g/mol. The number of aliphatic hydroxyl groups excluding tert-OH is 1. The van der Waals surface area contributed by atoms with E-state index in [1.165, 1.54) is 0 Å². The second-order valence-electron chi connectivity index (χ2n) is 6.49. The van der Waals surface area contributed by atoms with Crippen LogP contribution in [0.2, 0.25) is 0 Å². The lowest BCUT2D eigenvalue weighted by Gasteiger charge is -2.12. The Kier molecular flexibility index (Phi) is 3.96. The number of aliphatic hydroxyl groups is 1. The molecule has 0 aliphatic heterocycles. The fourth-order valence-corrected chi connectivity index (χ4v) is 2.81. The Morgan fingerprint density at radius 1 is 1.04 bits per heavy atom. The highest BCUT2D eigenvalue weighted by Crippen LogP contribution is 2.25. The van der Waals surface area contributed by atoms with Crippen molar-refractivity contribution in [3.8, 4) is 17.1 Å². The summed E-state index contributed by atoms with van der Waals surface area (Å²) in [7, 11) is 0. The highest BCUT2D eigenvalue weighted by molar-refractivity contribution is 5.60. The van der Waals surface area contributed by atoms with Crippen LogP contribution in [0, 0.1) is 12.8 Å². The molecule has 0 fully saturated rings. The molecule has 0 aliphatic rings. The first-order valence-corrected chi connectivity index (χ1v) is 8.42. The molecule has 1 atom stereocenters. The third-order valence-corrected chi connectivity index (χ3v) is 4.20. The standard InChI is InChI=1S/C18H19N7O/c1-11(2)16(26)18-22-21-15-5-4-13(10-24(15)18)17-20-12(3)23-25(17)14-6-8-19-9-7-14/h4-11,16,26H,1-3H3. The Hall–Kier alpha value is -3.13. The molecule has 26 heavy (non-hydrogen) atoms. The van der Waals surface area contributed by atoms with Crippen molar-refractivity contribution < 1.29 is 5.11 Å². The maximum atomic E-state index is 10.4. The van der Waals surface area contributed by atoms with Crippen molar-refractivity contribution in [1.29, 1.82) is 0 Å². The zero-order valence-corrected chi connectivity index (χ0v) is 14.8. The van der Waals surface area contributed by atoms with E-state index in [0.29, 0.717) is 23.1 Å². The molecule has 4 rings (SSSR count). The highest BCUT2D eigenvalue weighted by Gasteiger charge is 2.20. The zero-order valence-electron chi connectivity index (χ0n) is 14.8. The number of pyridine rings is 2. The van der Waals surface area contributed by atoms with Crippen LogP contribution in [0.4, 0.5) is 0 Å².